The fourth-order valence-electron chi connectivity index (χ4n) is 2.50. The van der Waals surface area contributed by atoms with E-state index < -0.39 is 17.6 Å². The van der Waals surface area contributed by atoms with Crippen LogP contribution in [0.4, 0.5) is 14.6 Å². The molecule has 0 bridgehead atoms. The van der Waals surface area contributed by atoms with E-state index in [1.54, 1.807) is 12.1 Å². The van der Waals surface area contributed by atoms with E-state index in [-0.39, 0.29) is 17.1 Å². The van der Waals surface area contributed by atoms with Crippen molar-refractivity contribution in [2.75, 3.05) is 12.4 Å². The number of hydrogen-bond donors (Lipinski definition) is 1. The van der Waals surface area contributed by atoms with Gasteiger partial charge in [0.15, 0.2) is 0 Å². The third kappa shape index (κ3) is 3.99. The number of nitrogens with one attached hydrogen (secondary N) is 1. The molecule has 0 aliphatic carbocycles. The number of hydrogen-bond acceptors (Lipinski definition) is 5. The molecule has 3 aromatic rings. The molecule has 0 atom stereocenters. The molecule has 0 aliphatic rings. The van der Waals surface area contributed by atoms with Gasteiger partial charge in [-0.15, -0.1) is 0 Å². The smallest absolute Gasteiger partial charge is 0.337 e. The summed E-state index contributed by atoms with van der Waals surface area (Å²) in [6.07, 6.45) is 2.82. The Kier molecular flexibility index (Phi) is 5.65. The van der Waals surface area contributed by atoms with Gasteiger partial charge in [-0.25, -0.2) is 18.6 Å². The average Bonchev–Trinajstić information content (AvgIpc) is 2.68. The first-order valence-corrected chi connectivity index (χ1v) is 8.39. The maximum Gasteiger partial charge on any atom is 0.337 e. The molecule has 0 amide bonds. The zero-order valence-electron chi connectivity index (χ0n) is 14.7. The maximum atomic E-state index is 13.8. The molecule has 0 spiro atoms. The number of rotatable bonds is 5. The summed E-state index contributed by atoms with van der Waals surface area (Å²) in [7, 11) is 1.28. The fourth-order valence-corrected chi connectivity index (χ4v) is 2.78. The third-order valence-electron chi connectivity index (χ3n) is 3.86. The van der Waals surface area contributed by atoms with E-state index in [0.717, 1.165) is 12.1 Å². The Labute approximate surface area is 164 Å². The first kappa shape index (κ1) is 19.4. The predicted octanol–water partition coefficient (Wildman–Crippen LogP) is 4.94. The molecular formula is C20H14ClF2N3O2. The van der Waals surface area contributed by atoms with E-state index in [4.69, 9.17) is 11.6 Å². The molecule has 0 saturated carbocycles. The highest BCUT2D eigenvalue weighted by molar-refractivity contribution is 6.33. The van der Waals surface area contributed by atoms with Crippen LogP contribution in [0.1, 0.15) is 15.9 Å². The van der Waals surface area contributed by atoms with Crippen LogP contribution in [0.25, 0.3) is 17.0 Å². The monoisotopic (exact) mass is 401 g/mol. The first-order valence-electron chi connectivity index (χ1n) is 8.01. The summed E-state index contributed by atoms with van der Waals surface area (Å²) < 4.78 is 32.3. The highest BCUT2D eigenvalue weighted by Gasteiger charge is 2.14. The van der Waals surface area contributed by atoms with Crippen LogP contribution in [0.15, 0.2) is 55.4 Å². The number of carbonyl (C=O) groups is 1. The SMILES string of the molecule is C=C(Nc1cnc(-c2ccc(C(=O)OC)cc2Cl)cn1)c1c(F)cccc1F. The summed E-state index contributed by atoms with van der Waals surface area (Å²) in [4.78, 5) is 20.0. The van der Waals surface area contributed by atoms with Gasteiger partial charge in [0.25, 0.3) is 0 Å². The van der Waals surface area contributed by atoms with Gasteiger partial charge in [-0.3, -0.25) is 4.98 Å². The molecular weight excluding hydrogens is 388 g/mol. The Morgan fingerprint density at radius 3 is 2.43 bits per heavy atom. The summed E-state index contributed by atoms with van der Waals surface area (Å²) in [5, 5.41) is 3.02. The Hall–Kier alpha value is -3.32. The molecule has 5 nitrogen and oxygen atoms in total. The number of nitrogens with zero attached hydrogens (tertiary/aromatic N) is 2. The topological polar surface area (TPSA) is 64.1 Å². The van der Waals surface area contributed by atoms with Crippen molar-refractivity contribution in [3.8, 4) is 11.3 Å². The fraction of sp³-hybridized carbons (Fsp3) is 0.0500. The number of carbonyl (C=O) groups excluding carboxylic acids is 1. The normalized spacial score (nSPS) is 10.4. The molecule has 1 heterocycles. The van der Waals surface area contributed by atoms with E-state index in [1.807, 2.05) is 0 Å². The van der Waals surface area contributed by atoms with Crippen LogP contribution in [0.3, 0.4) is 0 Å². The maximum absolute atomic E-state index is 13.8. The van der Waals surface area contributed by atoms with Crippen molar-refractivity contribution in [1.29, 1.82) is 0 Å². The number of aromatic nitrogens is 2. The molecule has 28 heavy (non-hydrogen) atoms. The zero-order valence-corrected chi connectivity index (χ0v) is 15.4. The number of anilines is 1. The highest BCUT2D eigenvalue weighted by Crippen LogP contribution is 2.28. The number of benzene rings is 2. The molecule has 8 heteroatoms. The summed E-state index contributed by atoms with van der Waals surface area (Å²) in [5.74, 6) is -1.73. The standard InChI is InChI=1S/C20H14ClF2N3O2/c1-11(19-15(22)4-3-5-16(19)23)26-18-10-24-17(9-25-18)13-7-6-12(8-14(13)21)20(27)28-2/h3-10H,1H2,2H3,(H,25,26). The van der Waals surface area contributed by atoms with Crippen molar-refractivity contribution < 1.29 is 18.3 Å². The minimum absolute atomic E-state index is 0.0121. The van der Waals surface area contributed by atoms with Gasteiger partial charge in [0.05, 0.1) is 41.3 Å². The molecule has 0 saturated heterocycles. The van der Waals surface area contributed by atoms with Crippen LogP contribution < -0.4 is 5.32 Å². The van der Waals surface area contributed by atoms with Crippen molar-refractivity contribution in [3.05, 3.63) is 83.2 Å². The summed E-state index contributed by atoms with van der Waals surface area (Å²) in [6.45, 7) is 3.65. The first-order chi connectivity index (χ1) is 13.4. The van der Waals surface area contributed by atoms with Gasteiger partial charge in [0.1, 0.15) is 17.5 Å². The summed E-state index contributed by atoms with van der Waals surface area (Å²) >= 11 is 6.22. The lowest BCUT2D eigenvalue weighted by atomic mass is 10.1. The van der Waals surface area contributed by atoms with Gasteiger partial charge in [-0.1, -0.05) is 30.3 Å². The molecule has 2 aromatic carbocycles. The van der Waals surface area contributed by atoms with E-state index >= 15 is 0 Å². The average molecular weight is 402 g/mol. The van der Waals surface area contributed by atoms with Crippen LogP contribution >= 0.6 is 11.6 Å². The van der Waals surface area contributed by atoms with Crippen LogP contribution in [0.2, 0.25) is 5.02 Å². The van der Waals surface area contributed by atoms with Gasteiger partial charge in [0.2, 0.25) is 0 Å². The van der Waals surface area contributed by atoms with Crippen LogP contribution in [0, 0.1) is 11.6 Å². The van der Waals surface area contributed by atoms with Crippen molar-refractivity contribution in [2.24, 2.45) is 0 Å². The Morgan fingerprint density at radius 2 is 1.86 bits per heavy atom. The lowest BCUT2D eigenvalue weighted by Gasteiger charge is -2.11. The lowest BCUT2D eigenvalue weighted by molar-refractivity contribution is 0.0600. The van der Waals surface area contributed by atoms with Crippen LogP contribution in [-0.2, 0) is 4.74 Å². The van der Waals surface area contributed by atoms with Gasteiger partial charge in [-0.05, 0) is 24.3 Å². The second kappa shape index (κ2) is 8.14. The Bertz CT molecular complexity index is 1040. The minimum atomic E-state index is -0.737. The van der Waals surface area contributed by atoms with Crippen LogP contribution in [-0.4, -0.2) is 23.0 Å². The minimum Gasteiger partial charge on any atom is -0.465 e. The number of esters is 1. The molecule has 3 rings (SSSR count). The number of halogens is 3. The third-order valence-corrected chi connectivity index (χ3v) is 4.17. The lowest BCUT2D eigenvalue weighted by Crippen LogP contribution is -2.04. The summed E-state index contributed by atoms with van der Waals surface area (Å²) in [5.41, 5.74) is 1.07. The van der Waals surface area contributed by atoms with Gasteiger partial charge in [0, 0.05) is 11.3 Å². The van der Waals surface area contributed by atoms with Crippen molar-refractivity contribution in [2.45, 2.75) is 0 Å². The zero-order chi connectivity index (χ0) is 20.3. The Balaban J connectivity index is 1.80. The van der Waals surface area contributed by atoms with E-state index in [0.29, 0.717) is 21.8 Å². The number of ether oxygens (including phenoxy) is 1. The molecule has 142 valence electrons. The largest absolute Gasteiger partial charge is 0.465 e. The van der Waals surface area contributed by atoms with Crippen LogP contribution in [0.5, 0.6) is 0 Å². The predicted molar refractivity (Wildman–Crippen MR) is 103 cm³/mol. The molecule has 1 N–H and O–H groups in total. The van der Waals surface area contributed by atoms with Gasteiger partial charge >= 0.3 is 5.97 Å². The quantitative estimate of drug-likeness (QED) is 0.613. The highest BCUT2D eigenvalue weighted by atomic mass is 35.5. The molecule has 0 unspecified atom stereocenters. The Morgan fingerprint density at radius 1 is 1.14 bits per heavy atom. The van der Waals surface area contributed by atoms with Crippen molar-refractivity contribution in [1.82, 2.24) is 9.97 Å². The summed E-state index contributed by atoms with van der Waals surface area (Å²) in [6, 6.07) is 8.20. The van der Waals surface area contributed by atoms with E-state index in [9.17, 15) is 13.6 Å². The van der Waals surface area contributed by atoms with Crippen molar-refractivity contribution >= 4 is 29.1 Å². The second-order valence-corrected chi connectivity index (χ2v) is 6.08. The van der Waals surface area contributed by atoms with E-state index in [2.05, 4.69) is 26.6 Å². The van der Waals surface area contributed by atoms with E-state index in [1.165, 1.54) is 31.6 Å². The van der Waals surface area contributed by atoms with Gasteiger partial charge in [-0.2, -0.15) is 0 Å². The molecule has 0 aliphatic heterocycles. The van der Waals surface area contributed by atoms with Gasteiger partial charge < -0.3 is 10.1 Å². The molecule has 0 radical (unpaired) electrons. The second-order valence-electron chi connectivity index (χ2n) is 5.67. The number of methoxy groups -OCH3 is 1. The molecule has 1 aromatic heterocycles. The van der Waals surface area contributed by atoms with Crippen molar-refractivity contribution in [3.63, 3.8) is 0 Å². The molecule has 0 fully saturated rings.